The van der Waals surface area contributed by atoms with Crippen molar-refractivity contribution in [1.82, 2.24) is 4.98 Å². The Bertz CT molecular complexity index is 497. The zero-order valence-corrected chi connectivity index (χ0v) is 10.1. The molecule has 0 amide bonds. The third-order valence-corrected chi connectivity index (χ3v) is 2.37. The lowest BCUT2D eigenvalue weighted by Crippen LogP contribution is -2.22. The molecule has 0 aliphatic carbocycles. The second-order valence-corrected chi connectivity index (χ2v) is 4.07. The first-order valence-electron chi connectivity index (χ1n) is 4.08. The second-order valence-electron chi connectivity index (χ2n) is 2.91. The summed E-state index contributed by atoms with van der Waals surface area (Å²) >= 11 is 1.46. The maximum atomic E-state index is 12.1. The summed E-state index contributed by atoms with van der Waals surface area (Å²) in [4.78, 5) is 23.5. The molecule has 17 heavy (non-hydrogen) atoms. The maximum Gasteiger partial charge on any atom is 0.573 e. The number of hydrogen-bond donors (Lipinski definition) is 2. The summed E-state index contributed by atoms with van der Waals surface area (Å²) in [5, 5.41) is 8.51. The zero-order chi connectivity index (χ0) is 13.2. The molecule has 9 heteroatoms. The largest absolute Gasteiger partial charge is 0.573 e. The highest BCUT2D eigenvalue weighted by molar-refractivity contribution is 14.1. The van der Waals surface area contributed by atoms with Crippen molar-refractivity contribution in [3.8, 4) is 5.75 Å². The Morgan fingerprint density at radius 3 is 2.59 bits per heavy atom. The molecule has 1 aromatic heterocycles. The van der Waals surface area contributed by atoms with Crippen molar-refractivity contribution in [3.05, 3.63) is 25.7 Å². The number of ether oxygens (including phenoxy) is 1. The van der Waals surface area contributed by atoms with E-state index in [-0.39, 0.29) is 3.57 Å². The van der Waals surface area contributed by atoms with Crippen molar-refractivity contribution in [2.45, 2.75) is 12.8 Å². The topological polar surface area (TPSA) is 79.4 Å². The fraction of sp³-hybridized carbons (Fsp3) is 0.250. The van der Waals surface area contributed by atoms with Crippen LogP contribution in [0, 0.1) is 3.57 Å². The Hall–Kier alpha value is -1.26. The van der Waals surface area contributed by atoms with Crippen molar-refractivity contribution < 1.29 is 27.8 Å². The van der Waals surface area contributed by atoms with Crippen LogP contribution in [0.25, 0.3) is 0 Å². The van der Waals surface area contributed by atoms with Gasteiger partial charge in [-0.2, -0.15) is 0 Å². The van der Waals surface area contributed by atoms with Gasteiger partial charge >= 0.3 is 12.3 Å². The summed E-state index contributed by atoms with van der Waals surface area (Å²) in [5.41, 5.74) is -1.12. The first kappa shape index (κ1) is 13.8. The van der Waals surface area contributed by atoms with Crippen molar-refractivity contribution in [2.75, 3.05) is 0 Å². The van der Waals surface area contributed by atoms with Gasteiger partial charge in [-0.05, 0) is 22.6 Å². The highest BCUT2D eigenvalue weighted by Crippen LogP contribution is 2.29. The van der Waals surface area contributed by atoms with E-state index in [0.717, 1.165) is 6.07 Å². The summed E-state index contributed by atoms with van der Waals surface area (Å²) in [5.74, 6) is -2.07. The summed E-state index contributed by atoms with van der Waals surface area (Å²) in [7, 11) is 0. The summed E-state index contributed by atoms with van der Waals surface area (Å²) in [6.45, 7) is 0. The van der Waals surface area contributed by atoms with Crippen molar-refractivity contribution in [1.29, 1.82) is 0 Å². The second kappa shape index (κ2) is 4.94. The molecule has 0 aliphatic heterocycles. The molecule has 1 rings (SSSR count). The van der Waals surface area contributed by atoms with Crippen LogP contribution in [0.3, 0.4) is 0 Å². The molecule has 0 aliphatic rings. The van der Waals surface area contributed by atoms with Crippen molar-refractivity contribution in [3.63, 3.8) is 0 Å². The van der Waals surface area contributed by atoms with Crippen LogP contribution in [0.2, 0.25) is 0 Å². The van der Waals surface area contributed by atoms with Gasteiger partial charge in [-0.15, -0.1) is 13.2 Å². The monoisotopic (exact) mass is 363 g/mol. The number of rotatable bonds is 3. The van der Waals surface area contributed by atoms with Gasteiger partial charge in [-0.1, -0.05) is 0 Å². The lowest BCUT2D eigenvalue weighted by molar-refractivity contribution is -0.275. The first-order chi connectivity index (χ1) is 7.69. The molecule has 0 spiro atoms. The molecule has 0 fully saturated rings. The fourth-order valence-corrected chi connectivity index (χ4v) is 1.79. The predicted molar refractivity (Wildman–Crippen MR) is 57.8 cm³/mol. The Balaban J connectivity index is 3.25. The Morgan fingerprint density at radius 1 is 1.53 bits per heavy atom. The van der Waals surface area contributed by atoms with E-state index in [1.54, 1.807) is 0 Å². The minimum Gasteiger partial charge on any atom is -0.481 e. The number of aromatic nitrogens is 1. The molecule has 1 aromatic rings. The van der Waals surface area contributed by atoms with Gasteiger partial charge in [-0.3, -0.25) is 9.59 Å². The van der Waals surface area contributed by atoms with Gasteiger partial charge in [-0.25, -0.2) is 0 Å². The van der Waals surface area contributed by atoms with Crippen LogP contribution in [0.1, 0.15) is 5.69 Å². The molecule has 5 nitrogen and oxygen atoms in total. The van der Waals surface area contributed by atoms with E-state index in [2.05, 4.69) is 4.74 Å². The van der Waals surface area contributed by atoms with Gasteiger partial charge in [0.15, 0.2) is 5.75 Å². The number of halogens is 4. The molecular formula is C8H5F3INO4. The Morgan fingerprint density at radius 2 is 2.12 bits per heavy atom. The Labute approximate surface area is 106 Å². The maximum absolute atomic E-state index is 12.1. The fourth-order valence-electron chi connectivity index (χ4n) is 1.07. The number of pyridine rings is 1. The van der Waals surface area contributed by atoms with Crippen molar-refractivity contribution in [2.24, 2.45) is 0 Å². The number of nitrogens with one attached hydrogen (secondary N) is 1. The van der Waals surface area contributed by atoms with E-state index in [9.17, 15) is 22.8 Å². The van der Waals surface area contributed by atoms with Gasteiger partial charge in [0, 0.05) is 6.07 Å². The molecule has 0 radical (unpaired) electrons. The number of carboxylic acid groups (broad SMARTS) is 1. The van der Waals surface area contributed by atoms with Crippen LogP contribution < -0.4 is 10.3 Å². The van der Waals surface area contributed by atoms with E-state index < -0.39 is 35.8 Å². The van der Waals surface area contributed by atoms with E-state index in [4.69, 9.17) is 5.11 Å². The lowest BCUT2D eigenvalue weighted by Gasteiger charge is -2.13. The van der Waals surface area contributed by atoms with E-state index in [0.29, 0.717) is 0 Å². The number of aliphatic carboxylic acids is 1. The standard InChI is InChI=1S/C8H5F3INO4/c9-8(10,11)17-7-3(12)1-5(14)13-4(7)2-6(15)16/h1H,2H2,(H,13,14)(H,15,16). The van der Waals surface area contributed by atoms with Gasteiger partial charge in [0.2, 0.25) is 5.56 Å². The van der Waals surface area contributed by atoms with E-state index in [1.165, 1.54) is 22.6 Å². The number of hydrogen-bond acceptors (Lipinski definition) is 3. The Kier molecular flexibility index (Phi) is 4.01. The van der Waals surface area contributed by atoms with Crippen LogP contribution >= 0.6 is 22.6 Å². The molecular weight excluding hydrogens is 358 g/mol. The van der Waals surface area contributed by atoms with Crippen LogP contribution in [0.4, 0.5) is 13.2 Å². The molecule has 0 saturated heterocycles. The van der Waals surface area contributed by atoms with Gasteiger partial charge in [0.1, 0.15) is 0 Å². The van der Waals surface area contributed by atoms with E-state index in [1.807, 2.05) is 4.98 Å². The predicted octanol–water partition coefficient (Wildman–Crippen LogP) is 1.51. The highest BCUT2D eigenvalue weighted by Gasteiger charge is 2.33. The van der Waals surface area contributed by atoms with Crippen LogP contribution in [0.5, 0.6) is 5.75 Å². The van der Waals surface area contributed by atoms with Gasteiger partial charge < -0.3 is 14.8 Å². The number of H-pyrrole nitrogens is 1. The third-order valence-electron chi connectivity index (χ3n) is 1.57. The van der Waals surface area contributed by atoms with Crippen LogP contribution in [-0.4, -0.2) is 22.4 Å². The van der Waals surface area contributed by atoms with E-state index >= 15 is 0 Å². The smallest absolute Gasteiger partial charge is 0.481 e. The number of carboxylic acids is 1. The molecule has 0 bridgehead atoms. The number of aromatic amines is 1. The number of carbonyl (C=O) groups is 1. The zero-order valence-electron chi connectivity index (χ0n) is 7.97. The summed E-state index contributed by atoms with van der Waals surface area (Å²) in [6, 6.07) is 0.882. The minimum absolute atomic E-state index is 0.111. The first-order valence-corrected chi connectivity index (χ1v) is 5.16. The molecule has 94 valence electrons. The molecule has 0 aromatic carbocycles. The van der Waals surface area contributed by atoms with Gasteiger partial charge in [0.25, 0.3) is 0 Å². The number of alkyl halides is 3. The van der Waals surface area contributed by atoms with Crippen molar-refractivity contribution >= 4 is 28.6 Å². The molecule has 2 N–H and O–H groups in total. The SMILES string of the molecule is O=C(O)Cc1[nH]c(=O)cc(I)c1OC(F)(F)F. The average molecular weight is 363 g/mol. The lowest BCUT2D eigenvalue weighted by atomic mass is 10.2. The molecule has 0 unspecified atom stereocenters. The molecule has 1 heterocycles. The summed E-state index contributed by atoms with van der Waals surface area (Å²) < 4.78 is 39.8. The average Bonchev–Trinajstić information content (AvgIpc) is 2.08. The van der Waals surface area contributed by atoms with Crippen LogP contribution in [0.15, 0.2) is 10.9 Å². The van der Waals surface area contributed by atoms with Crippen LogP contribution in [-0.2, 0) is 11.2 Å². The van der Waals surface area contributed by atoms with Gasteiger partial charge in [0.05, 0.1) is 15.7 Å². The molecule has 0 atom stereocenters. The quantitative estimate of drug-likeness (QED) is 0.798. The highest BCUT2D eigenvalue weighted by atomic mass is 127. The summed E-state index contributed by atoms with van der Waals surface area (Å²) in [6.07, 6.45) is -5.72. The minimum atomic E-state index is -4.95. The normalized spacial score (nSPS) is 11.3. The third kappa shape index (κ3) is 4.24. The molecule has 0 saturated carbocycles.